The maximum atomic E-state index is 11.9. The zero-order valence-electron chi connectivity index (χ0n) is 7.88. The molecule has 1 atom stereocenters. The van der Waals surface area contributed by atoms with Crippen molar-refractivity contribution < 1.29 is 4.79 Å². The van der Waals surface area contributed by atoms with Gasteiger partial charge >= 0.3 is 0 Å². The van der Waals surface area contributed by atoms with Crippen LogP contribution in [0.2, 0.25) is 0 Å². The Morgan fingerprint density at radius 2 is 2.67 bits per heavy atom. The zero-order chi connectivity index (χ0) is 10.7. The van der Waals surface area contributed by atoms with E-state index in [2.05, 4.69) is 20.1 Å². The molecule has 1 fully saturated rings. The molecule has 2 rings (SSSR count). The highest BCUT2D eigenvalue weighted by Crippen LogP contribution is 2.08. The normalized spacial score (nSPS) is 21.0. The summed E-state index contributed by atoms with van der Waals surface area (Å²) in [6, 6.07) is 1.69. The lowest BCUT2D eigenvalue weighted by Gasteiger charge is -2.31. The first-order valence-corrected chi connectivity index (χ1v) is 5.25. The van der Waals surface area contributed by atoms with Gasteiger partial charge in [0.2, 0.25) is 0 Å². The van der Waals surface area contributed by atoms with Gasteiger partial charge in [-0.1, -0.05) is 0 Å². The van der Waals surface area contributed by atoms with Crippen molar-refractivity contribution in [3.8, 4) is 6.07 Å². The number of amides is 1. The molecule has 1 aliphatic rings. The van der Waals surface area contributed by atoms with E-state index in [1.807, 2.05) is 0 Å². The number of carbonyl (C=O) groups is 1. The SMILES string of the molecule is N#CC1CNCCN1C(=O)c1cnsn1. The van der Waals surface area contributed by atoms with Gasteiger partial charge in [-0.2, -0.15) is 14.0 Å². The van der Waals surface area contributed by atoms with Crippen molar-refractivity contribution in [3.05, 3.63) is 11.9 Å². The van der Waals surface area contributed by atoms with Crippen LogP contribution in [-0.2, 0) is 0 Å². The third kappa shape index (κ3) is 1.95. The summed E-state index contributed by atoms with van der Waals surface area (Å²) in [6.07, 6.45) is 1.43. The maximum Gasteiger partial charge on any atom is 0.276 e. The third-order valence-corrected chi connectivity index (χ3v) is 2.71. The second-order valence-electron chi connectivity index (χ2n) is 3.14. The molecule has 1 aliphatic heterocycles. The molecule has 0 spiro atoms. The molecule has 0 saturated carbocycles. The topological polar surface area (TPSA) is 81.9 Å². The largest absolute Gasteiger partial charge is 0.319 e. The minimum Gasteiger partial charge on any atom is -0.319 e. The number of nitrogens with one attached hydrogen (secondary N) is 1. The number of nitriles is 1. The van der Waals surface area contributed by atoms with Crippen LogP contribution in [-0.4, -0.2) is 45.2 Å². The van der Waals surface area contributed by atoms with E-state index in [0.717, 1.165) is 11.7 Å². The van der Waals surface area contributed by atoms with Crippen LogP contribution in [0.15, 0.2) is 6.20 Å². The van der Waals surface area contributed by atoms with Crippen molar-refractivity contribution in [2.24, 2.45) is 0 Å². The van der Waals surface area contributed by atoms with Gasteiger partial charge in [0, 0.05) is 19.6 Å². The highest BCUT2D eigenvalue weighted by molar-refractivity contribution is 6.99. The van der Waals surface area contributed by atoms with Gasteiger partial charge in [0.1, 0.15) is 6.04 Å². The maximum absolute atomic E-state index is 11.9. The summed E-state index contributed by atoms with van der Waals surface area (Å²) in [5.74, 6) is -0.211. The van der Waals surface area contributed by atoms with Gasteiger partial charge in [0.05, 0.1) is 24.0 Å². The van der Waals surface area contributed by atoms with Crippen LogP contribution in [0.4, 0.5) is 0 Å². The van der Waals surface area contributed by atoms with E-state index in [-0.39, 0.29) is 5.91 Å². The molecule has 7 heteroatoms. The Bertz CT molecular complexity index is 384. The van der Waals surface area contributed by atoms with Crippen LogP contribution < -0.4 is 5.32 Å². The number of aromatic nitrogens is 2. The van der Waals surface area contributed by atoms with E-state index < -0.39 is 6.04 Å². The first-order valence-electron chi connectivity index (χ1n) is 4.52. The molecule has 0 bridgehead atoms. The van der Waals surface area contributed by atoms with Gasteiger partial charge in [0.15, 0.2) is 5.69 Å². The third-order valence-electron chi connectivity index (χ3n) is 2.23. The molecule has 1 aromatic heterocycles. The molecule has 6 nitrogen and oxygen atoms in total. The van der Waals surface area contributed by atoms with E-state index in [9.17, 15) is 4.79 Å². The average Bonchev–Trinajstić information content (AvgIpc) is 2.81. The second kappa shape index (κ2) is 4.33. The molecule has 1 saturated heterocycles. The van der Waals surface area contributed by atoms with Gasteiger partial charge in [0.25, 0.3) is 5.91 Å². The molecular formula is C8H9N5OS. The fourth-order valence-corrected chi connectivity index (χ4v) is 1.88. The first kappa shape index (κ1) is 10.0. The monoisotopic (exact) mass is 223 g/mol. The minimum atomic E-state index is -0.409. The van der Waals surface area contributed by atoms with Crippen LogP contribution in [0.5, 0.6) is 0 Å². The van der Waals surface area contributed by atoms with Crippen molar-refractivity contribution in [1.82, 2.24) is 19.0 Å². The number of hydrogen-bond donors (Lipinski definition) is 1. The van der Waals surface area contributed by atoms with Gasteiger partial charge in [-0.05, 0) is 0 Å². The van der Waals surface area contributed by atoms with Crippen LogP contribution in [0, 0.1) is 11.3 Å². The molecule has 78 valence electrons. The summed E-state index contributed by atoms with van der Waals surface area (Å²) < 4.78 is 7.64. The Morgan fingerprint density at radius 1 is 1.80 bits per heavy atom. The smallest absolute Gasteiger partial charge is 0.276 e. The molecule has 1 unspecified atom stereocenters. The van der Waals surface area contributed by atoms with Gasteiger partial charge < -0.3 is 10.2 Å². The van der Waals surface area contributed by atoms with Crippen molar-refractivity contribution in [1.29, 1.82) is 5.26 Å². The van der Waals surface area contributed by atoms with E-state index in [1.165, 1.54) is 11.1 Å². The predicted octanol–water partition coefficient (Wildman–Crippen LogP) is -0.524. The Hall–Kier alpha value is -1.52. The number of hydrogen-bond acceptors (Lipinski definition) is 6. The van der Waals surface area contributed by atoms with E-state index >= 15 is 0 Å². The molecular weight excluding hydrogens is 214 g/mol. The van der Waals surface area contributed by atoms with E-state index in [1.54, 1.807) is 0 Å². The quantitative estimate of drug-likeness (QED) is 0.692. The van der Waals surface area contributed by atoms with Crippen molar-refractivity contribution >= 4 is 17.6 Å². The molecule has 1 amide bonds. The van der Waals surface area contributed by atoms with Gasteiger partial charge in [-0.15, -0.1) is 0 Å². The van der Waals surface area contributed by atoms with Crippen molar-refractivity contribution in [3.63, 3.8) is 0 Å². The van der Waals surface area contributed by atoms with Crippen LogP contribution in [0.1, 0.15) is 10.5 Å². The molecule has 0 aromatic carbocycles. The summed E-state index contributed by atoms with van der Waals surface area (Å²) in [6.45, 7) is 1.76. The molecule has 1 aromatic rings. The summed E-state index contributed by atoms with van der Waals surface area (Å²) in [5, 5.41) is 12.0. The Labute approximate surface area is 90.8 Å². The fourth-order valence-electron chi connectivity index (χ4n) is 1.47. The molecule has 2 heterocycles. The second-order valence-corrected chi connectivity index (χ2v) is 3.70. The lowest BCUT2D eigenvalue weighted by molar-refractivity contribution is 0.0682. The van der Waals surface area contributed by atoms with Crippen molar-refractivity contribution in [2.45, 2.75) is 6.04 Å². The number of nitrogens with zero attached hydrogens (tertiary/aromatic N) is 4. The molecule has 1 N–H and O–H groups in total. The zero-order valence-corrected chi connectivity index (χ0v) is 8.70. The van der Waals surface area contributed by atoms with E-state index in [4.69, 9.17) is 5.26 Å². The average molecular weight is 223 g/mol. The Morgan fingerprint density at radius 3 is 3.33 bits per heavy atom. The van der Waals surface area contributed by atoms with Crippen LogP contribution in [0.3, 0.4) is 0 Å². The Balaban J connectivity index is 2.15. The summed E-state index contributed by atoms with van der Waals surface area (Å²) in [4.78, 5) is 13.4. The van der Waals surface area contributed by atoms with Gasteiger partial charge in [-0.25, -0.2) is 0 Å². The molecule has 15 heavy (non-hydrogen) atoms. The van der Waals surface area contributed by atoms with Gasteiger partial charge in [-0.3, -0.25) is 4.79 Å². The highest BCUT2D eigenvalue weighted by atomic mass is 32.1. The molecule has 0 aliphatic carbocycles. The Kier molecular flexibility index (Phi) is 2.89. The van der Waals surface area contributed by atoms with Crippen LogP contribution >= 0.6 is 11.7 Å². The van der Waals surface area contributed by atoms with Crippen molar-refractivity contribution in [2.75, 3.05) is 19.6 Å². The lowest BCUT2D eigenvalue weighted by Crippen LogP contribution is -2.53. The molecule has 0 radical (unpaired) electrons. The standard InChI is InChI=1S/C8H9N5OS/c9-3-6-4-10-1-2-13(6)8(14)7-5-11-15-12-7/h5-6,10H,1-2,4H2. The first-order chi connectivity index (χ1) is 7.33. The summed E-state index contributed by atoms with van der Waals surface area (Å²) >= 11 is 0.995. The number of piperazine rings is 1. The van der Waals surface area contributed by atoms with E-state index in [0.29, 0.717) is 25.3 Å². The summed E-state index contributed by atoms with van der Waals surface area (Å²) in [5.41, 5.74) is 0.321. The summed E-state index contributed by atoms with van der Waals surface area (Å²) in [7, 11) is 0. The van der Waals surface area contributed by atoms with Crippen LogP contribution in [0.25, 0.3) is 0 Å². The number of carbonyl (C=O) groups excluding carboxylic acids is 1. The number of rotatable bonds is 1. The fraction of sp³-hybridized carbons (Fsp3) is 0.500. The lowest BCUT2D eigenvalue weighted by atomic mass is 10.2. The predicted molar refractivity (Wildman–Crippen MR) is 53.2 cm³/mol. The minimum absolute atomic E-state index is 0.211. The highest BCUT2D eigenvalue weighted by Gasteiger charge is 2.28.